The van der Waals surface area contributed by atoms with Gasteiger partial charge in [0.15, 0.2) is 5.05 Å². The van der Waals surface area contributed by atoms with Crippen LogP contribution in [0.4, 0.5) is 4.39 Å². The van der Waals surface area contributed by atoms with E-state index in [-0.39, 0.29) is 18.0 Å². The maximum Gasteiger partial charge on any atom is 0.256 e. The van der Waals surface area contributed by atoms with Crippen LogP contribution in [-0.2, 0) is 13.0 Å². The average molecular weight is 356 g/mol. The third-order valence-electron chi connectivity index (χ3n) is 4.29. The normalized spacial score (nSPS) is 14.0. The lowest BCUT2D eigenvalue weighted by atomic mass is 10.0. The van der Waals surface area contributed by atoms with Crippen LogP contribution in [0, 0.1) is 5.82 Å². The van der Waals surface area contributed by atoms with Crippen molar-refractivity contribution in [1.82, 2.24) is 9.88 Å². The minimum atomic E-state index is -0.514. The number of halogens is 1. The summed E-state index contributed by atoms with van der Waals surface area (Å²) in [5, 5.41) is 9.62. The summed E-state index contributed by atoms with van der Waals surface area (Å²) in [7, 11) is 0. The number of thiocarbonyl (C=S) groups is 1. The molecule has 0 saturated heterocycles. The molecule has 3 heterocycles. The molecule has 5 nitrogen and oxygen atoms in total. The van der Waals surface area contributed by atoms with E-state index in [1.165, 1.54) is 6.07 Å². The fraction of sp³-hybridized carbons (Fsp3) is 0.167. The fourth-order valence-corrected chi connectivity index (χ4v) is 3.26. The number of carbonyl (C=O) groups is 1. The van der Waals surface area contributed by atoms with Crippen molar-refractivity contribution in [2.45, 2.75) is 13.0 Å². The maximum atomic E-state index is 13.7. The first kappa shape index (κ1) is 15.7. The van der Waals surface area contributed by atoms with Gasteiger partial charge in [0.1, 0.15) is 17.2 Å². The Hall–Kier alpha value is -2.80. The number of nitrogens with zero attached hydrogens (tertiary/aromatic N) is 2. The summed E-state index contributed by atoms with van der Waals surface area (Å²) in [5.74, 6) is -0.127. The maximum absolute atomic E-state index is 13.7. The zero-order valence-electron chi connectivity index (χ0n) is 13.0. The van der Waals surface area contributed by atoms with Gasteiger partial charge in [-0.25, -0.2) is 4.39 Å². The minimum absolute atomic E-state index is 0.112. The van der Waals surface area contributed by atoms with Gasteiger partial charge in [-0.1, -0.05) is 0 Å². The van der Waals surface area contributed by atoms with Gasteiger partial charge in [-0.2, -0.15) is 0 Å². The molecule has 1 amide bonds. The Labute approximate surface area is 147 Å². The summed E-state index contributed by atoms with van der Waals surface area (Å²) < 4.78 is 19.4. The number of amides is 1. The van der Waals surface area contributed by atoms with Gasteiger partial charge in [-0.05, 0) is 48.5 Å². The number of furan rings is 1. The molecule has 7 heteroatoms. The largest absolute Gasteiger partial charge is 0.498 e. The molecule has 0 radical (unpaired) electrons. The smallest absolute Gasteiger partial charge is 0.256 e. The molecule has 4 rings (SSSR count). The van der Waals surface area contributed by atoms with Gasteiger partial charge in [0, 0.05) is 24.3 Å². The van der Waals surface area contributed by atoms with Gasteiger partial charge in [0.2, 0.25) is 0 Å². The monoisotopic (exact) mass is 356 g/mol. The molecule has 0 spiro atoms. The van der Waals surface area contributed by atoms with Crippen LogP contribution in [0.2, 0.25) is 0 Å². The Morgan fingerprint density at radius 2 is 2.24 bits per heavy atom. The van der Waals surface area contributed by atoms with E-state index < -0.39 is 10.9 Å². The second-order valence-electron chi connectivity index (χ2n) is 5.90. The third kappa shape index (κ3) is 2.76. The lowest BCUT2D eigenvalue weighted by molar-refractivity contribution is 0.0715. The molecule has 1 aliphatic heterocycles. The van der Waals surface area contributed by atoms with Crippen LogP contribution in [0.15, 0.2) is 41.1 Å². The van der Waals surface area contributed by atoms with E-state index in [2.05, 4.69) is 4.98 Å². The first-order chi connectivity index (χ1) is 12.0. The van der Waals surface area contributed by atoms with E-state index in [9.17, 15) is 14.3 Å². The Morgan fingerprint density at radius 3 is 3.04 bits per heavy atom. The van der Waals surface area contributed by atoms with Gasteiger partial charge in [-0.15, -0.1) is 0 Å². The summed E-state index contributed by atoms with van der Waals surface area (Å²) in [6.07, 6.45) is 3.99. The summed E-state index contributed by atoms with van der Waals surface area (Å²) >= 11 is 4.74. The van der Waals surface area contributed by atoms with Crippen molar-refractivity contribution in [1.29, 1.82) is 0 Å². The molecule has 0 bridgehead atoms. The quantitative estimate of drug-likeness (QED) is 0.729. The van der Waals surface area contributed by atoms with Crippen LogP contribution < -0.4 is 0 Å². The van der Waals surface area contributed by atoms with Gasteiger partial charge in [0.25, 0.3) is 5.91 Å². The molecule has 1 aromatic carbocycles. The van der Waals surface area contributed by atoms with Crippen molar-refractivity contribution in [2.24, 2.45) is 0 Å². The SMILES string of the molecule is O=C1c2cnccc2CCN1Cc1cc2cc(F)cc(C(O)=S)c2o1. The number of pyridine rings is 1. The second kappa shape index (κ2) is 5.93. The molecular formula is C18H13FN2O3S. The van der Waals surface area contributed by atoms with Crippen molar-refractivity contribution in [2.75, 3.05) is 6.54 Å². The lowest BCUT2D eigenvalue weighted by Crippen LogP contribution is -2.37. The van der Waals surface area contributed by atoms with Crippen molar-refractivity contribution >= 4 is 34.1 Å². The highest BCUT2D eigenvalue weighted by molar-refractivity contribution is 7.80. The molecule has 0 saturated carbocycles. The first-order valence-electron chi connectivity index (χ1n) is 7.70. The molecule has 0 fully saturated rings. The molecule has 25 heavy (non-hydrogen) atoms. The number of aromatic nitrogens is 1. The number of hydrogen-bond acceptors (Lipinski definition) is 4. The number of benzene rings is 1. The summed E-state index contributed by atoms with van der Waals surface area (Å²) in [6.45, 7) is 0.813. The summed E-state index contributed by atoms with van der Waals surface area (Å²) in [5.41, 5.74) is 2.02. The zero-order chi connectivity index (χ0) is 17.6. The molecule has 1 aliphatic rings. The predicted octanol–water partition coefficient (Wildman–Crippen LogP) is 3.40. The predicted molar refractivity (Wildman–Crippen MR) is 93.2 cm³/mol. The average Bonchev–Trinajstić information content (AvgIpc) is 2.99. The van der Waals surface area contributed by atoms with Gasteiger partial charge in [0.05, 0.1) is 17.7 Å². The van der Waals surface area contributed by atoms with E-state index in [4.69, 9.17) is 16.6 Å². The van der Waals surface area contributed by atoms with Crippen molar-refractivity contribution < 1.29 is 18.7 Å². The van der Waals surface area contributed by atoms with Crippen LogP contribution in [0.5, 0.6) is 0 Å². The molecule has 0 aliphatic carbocycles. The van der Waals surface area contributed by atoms with E-state index >= 15 is 0 Å². The van der Waals surface area contributed by atoms with Crippen LogP contribution >= 0.6 is 12.2 Å². The third-order valence-corrected chi connectivity index (χ3v) is 4.51. The number of carbonyl (C=O) groups excluding carboxylic acids is 1. The molecule has 1 N–H and O–H groups in total. The Kier molecular flexibility index (Phi) is 3.73. The van der Waals surface area contributed by atoms with Crippen molar-refractivity contribution in [3.8, 4) is 0 Å². The van der Waals surface area contributed by atoms with Gasteiger partial charge < -0.3 is 14.4 Å². The van der Waals surface area contributed by atoms with Crippen molar-refractivity contribution in [3.05, 3.63) is 64.9 Å². The van der Waals surface area contributed by atoms with Crippen molar-refractivity contribution in [3.63, 3.8) is 0 Å². The Balaban J connectivity index is 1.67. The van der Waals surface area contributed by atoms with Crippen LogP contribution in [0.3, 0.4) is 0 Å². The fourth-order valence-electron chi connectivity index (χ4n) is 3.11. The Bertz CT molecular complexity index is 1010. The highest BCUT2D eigenvalue weighted by Gasteiger charge is 2.25. The first-order valence-corrected chi connectivity index (χ1v) is 8.11. The number of aliphatic hydroxyl groups excluding tert-OH is 1. The number of hydrogen-bond donors (Lipinski definition) is 1. The standard InChI is InChI=1S/C18H13FN2O3S/c19-12-5-11-6-13(24-16(11)14(7-12)18(23)25)9-21-4-2-10-1-3-20-8-15(10)17(21)22/h1,3,5-8H,2,4,9H2,(H,23,25). The highest BCUT2D eigenvalue weighted by atomic mass is 32.1. The topological polar surface area (TPSA) is 66.6 Å². The van der Waals surface area contributed by atoms with Gasteiger partial charge in [-0.3, -0.25) is 9.78 Å². The van der Waals surface area contributed by atoms with Crippen LogP contribution in [-0.4, -0.2) is 32.5 Å². The molecule has 3 aromatic rings. The molecule has 126 valence electrons. The van der Waals surface area contributed by atoms with Gasteiger partial charge >= 0.3 is 0 Å². The van der Waals surface area contributed by atoms with Crippen LogP contribution in [0.1, 0.15) is 27.2 Å². The number of fused-ring (bicyclic) bond motifs is 2. The number of rotatable bonds is 3. The molecular weight excluding hydrogens is 343 g/mol. The Morgan fingerprint density at radius 1 is 1.40 bits per heavy atom. The van der Waals surface area contributed by atoms with E-state index in [1.54, 1.807) is 23.4 Å². The molecule has 0 atom stereocenters. The molecule has 2 aromatic heterocycles. The summed E-state index contributed by atoms with van der Waals surface area (Å²) in [6, 6.07) is 5.95. The van der Waals surface area contributed by atoms with Crippen LogP contribution in [0.25, 0.3) is 11.0 Å². The van der Waals surface area contributed by atoms with E-state index in [0.29, 0.717) is 28.8 Å². The zero-order valence-corrected chi connectivity index (χ0v) is 13.8. The highest BCUT2D eigenvalue weighted by Crippen LogP contribution is 2.27. The second-order valence-corrected chi connectivity index (χ2v) is 6.29. The van der Waals surface area contributed by atoms with E-state index in [0.717, 1.165) is 18.1 Å². The summed E-state index contributed by atoms with van der Waals surface area (Å²) in [4.78, 5) is 18.3. The lowest BCUT2D eigenvalue weighted by Gasteiger charge is -2.27. The van der Waals surface area contributed by atoms with E-state index in [1.807, 2.05) is 6.07 Å². The number of aliphatic hydroxyl groups is 1. The molecule has 0 unspecified atom stereocenters. The minimum Gasteiger partial charge on any atom is -0.498 e.